The molecule has 1 atom stereocenters. The molecule has 1 aromatic heterocycles. The van der Waals surface area contributed by atoms with Crippen LogP contribution in [0.25, 0.3) is 0 Å². The van der Waals surface area contributed by atoms with E-state index in [9.17, 15) is 0 Å². The highest BCUT2D eigenvalue weighted by atomic mass is 35.5. The largest absolute Gasteiger partial charge is 0.493 e. The third-order valence-corrected chi connectivity index (χ3v) is 5.04. The number of hydrogen-bond donors (Lipinski definition) is 0. The first kappa shape index (κ1) is 17.4. The van der Waals surface area contributed by atoms with E-state index in [2.05, 4.69) is 11.9 Å². The lowest BCUT2D eigenvalue weighted by Gasteiger charge is -2.19. The van der Waals surface area contributed by atoms with Crippen molar-refractivity contribution in [2.75, 3.05) is 7.11 Å². The molecule has 5 heteroatoms. The van der Waals surface area contributed by atoms with Gasteiger partial charge in [0, 0.05) is 12.1 Å². The van der Waals surface area contributed by atoms with Crippen molar-refractivity contribution in [2.45, 2.75) is 44.6 Å². The average Bonchev–Trinajstić information content (AvgIpc) is 3.07. The van der Waals surface area contributed by atoms with Crippen LogP contribution < -0.4 is 9.47 Å². The predicted octanol–water partition coefficient (Wildman–Crippen LogP) is 5.87. The van der Waals surface area contributed by atoms with Gasteiger partial charge in [-0.05, 0) is 49.4 Å². The lowest BCUT2D eigenvalue weighted by atomic mass is 9.96. The van der Waals surface area contributed by atoms with E-state index in [1.54, 1.807) is 19.4 Å². The molecule has 3 nitrogen and oxygen atoms in total. The molecule has 3 rings (SSSR count). The number of rotatable bonds is 5. The van der Waals surface area contributed by atoms with Gasteiger partial charge in [-0.1, -0.05) is 36.2 Å². The second-order valence-corrected chi connectivity index (χ2v) is 7.02. The number of methoxy groups -OCH3 is 1. The van der Waals surface area contributed by atoms with Crippen LogP contribution in [0.15, 0.2) is 30.5 Å². The molecular formula is C19H21Cl2NO2. The van der Waals surface area contributed by atoms with Crippen molar-refractivity contribution < 1.29 is 9.47 Å². The molecule has 24 heavy (non-hydrogen) atoms. The molecule has 1 heterocycles. The van der Waals surface area contributed by atoms with Gasteiger partial charge in [-0.15, -0.1) is 0 Å². The Morgan fingerprint density at radius 2 is 1.88 bits per heavy atom. The van der Waals surface area contributed by atoms with Crippen molar-refractivity contribution in [1.82, 2.24) is 4.98 Å². The first-order chi connectivity index (χ1) is 11.6. The highest BCUT2D eigenvalue weighted by Gasteiger charge is 2.21. The van der Waals surface area contributed by atoms with Crippen LogP contribution >= 0.6 is 23.2 Å². The Hall–Kier alpha value is -1.45. The van der Waals surface area contributed by atoms with Gasteiger partial charge < -0.3 is 9.47 Å². The summed E-state index contributed by atoms with van der Waals surface area (Å²) in [6, 6.07) is 7.73. The third-order valence-electron chi connectivity index (χ3n) is 4.53. The van der Waals surface area contributed by atoms with E-state index in [0.717, 1.165) is 35.6 Å². The van der Waals surface area contributed by atoms with Gasteiger partial charge in [0.1, 0.15) is 0 Å². The SMILES string of the molecule is COc1ccc(C(C)c2ncc(Cl)cc2Cl)cc1OC1CCCC1. The van der Waals surface area contributed by atoms with E-state index >= 15 is 0 Å². The Bertz CT molecular complexity index is 715. The summed E-state index contributed by atoms with van der Waals surface area (Å²) in [5, 5.41) is 1.11. The van der Waals surface area contributed by atoms with Gasteiger partial charge in [-0.2, -0.15) is 0 Å². The molecule has 1 aromatic carbocycles. The van der Waals surface area contributed by atoms with Gasteiger partial charge in [0.05, 0.1) is 29.0 Å². The van der Waals surface area contributed by atoms with E-state index in [4.69, 9.17) is 32.7 Å². The molecule has 1 aliphatic carbocycles. The first-order valence-corrected chi connectivity index (χ1v) is 8.99. The molecule has 1 saturated carbocycles. The quantitative estimate of drug-likeness (QED) is 0.663. The van der Waals surface area contributed by atoms with Gasteiger partial charge in [0.2, 0.25) is 0 Å². The van der Waals surface area contributed by atoms with Gasteiger partial charge in [-0.25, -0.2) is 0 Å². The first-order valence-electron chi connectivity index (χ1n) is 8.24. The second-order valence-electron chi connectivity index (χ2n) is 6.18. The maximum atomic E-state index is 6.31. The molecule has 1 aliphatic rings. The van der Waals surface area contributed by atoms with Gasteiger partial charge in [-0.3, -0.25) is 4.98 Å². The van der Waals surface area contributed by atoms with Crippen LogP contribution in [0.3, 0.4) is 0 Å². The number of nitrogens with zero attached hydrogens (tertiary/aromatic N) is 1. The zero-order valence-electron chi connectivity index (χ0n) is 13.9. The lowest BCUT2D eigenvalue weighted by Crippen LogP contribution is -2.12. The van der Waals surface area contributed by atoms with E-state index in [0.29, 0.717) is 10.0 Å². The Kier molecular flexibility index (Phi) is 5.52. The van der Waals surface area contributed by atoms with Gasteiger partial charge >= 0.3 is 0 Å². The molecule has 0 amide bonds. The number of pyridine rings is 1. The molecule has 1 unspecified atom stereocenters. The summed E-state index contributed by atoms with van der Waals surface area (Å²) in [7, 11) is 1.66. The van der Waals surface area contributed by atoms with Crippen molar-refractivity contribution in [1.29, 1.82) is 0 Å². The normalized spacial score (nSPS) is 16.2. The molecule has 0 saturated heterocycles. The van der Waals surface area contributed by atoms with Crippen LogP contribution in [0.2, 0.25) is 10.0 Å². The average molecular weight is 366 g/mol. The highest BCUT2D eigenvalue weighted by molar-refractivity contribution is 6.34. The Morgan fingerprint density at radius 3 is 2.54 bits per heavy atom. The summed E-state index contributed by atoms with van der Waals surface area (Å²) in [6.07, 6.45) is 6.57. The maximum Gasteiger partial charge on any atom is 0.161 e. The monoisotopic (exact) mass is 365 g/mol. The van der Waals surface area contributed by atoms with Crippen LogP contribution in [-0.4, -0.2) is 18.2 Å². The fourth-order valence-electron chi connectivity index (χ4n) is 3.14. The molecule has 1 fully saturated rings. The molecule has 0 radical (unpaired) electrons. The summed E-state index contributed by atoms with van der Waals surface area (Å²) in [5.74, 6) is 1.58. The summed E-state index contributed by atoms with van der Waals surface area (Å²) < 4.78 is 11.6. The van der Waals surface area contributed by atoms with Crippen LogP contribution in [0.4, 0.5) is 0 Å². The highest BCUT2D eigenvalue weighted by Crippen LogP contribution is 2.37. The Morgan fingerprint density at radius 1 is 1.12 bits per heavy atom. The van der Waals surface area contributed by atoms with Gasteiger partial charge in [0.15, 0.2) is 11.5 Å². The van der Waals surface area contributed by atoms with Crippen molar-refractivity contribution in [3.63, 3.8) is 0 Å². The summed E-state index contributed by atoms with van der Waals surface area (Å²) in [4.78, 5) is 4.39. The molecule has 0 N–H and O–H groups in total. The number of halogens is 2. The molecule has 0 bridgehead atoms. The minimum absolute atomic E-state index is 0.0339. The number of hydrogen-bond acceptors (Lipinski definition) is 3. The van der Waals surface area contributed by atoms with E-state index < -0.39 is 0 Å². The molecule has 128 valence electrons. The fourth-order valence-corrected chi connectivity index (χ4v) is 3.69. The molecule has 0 aliphatic heterocycles. The minimum Gasteiger partial charge on any atom is -0.493 e. The summed E-state index contributed by atoms with van der Waals surface area (Å²) in [6.45, 7) is 2.07. The summed E-state index contributed by atoms with van der Waals surface area (Å²) in [5.41, 5.74) is 1.89. The maximum absolute atomic E-state index is 6.31. The van der Waals surface area contributed by atoms with Crippen LogP contribution in [-0.2, 0) is 0 Å². The predicted molar refractivity (Wildman–Crippen MR) is 97.7 cm³/mol. The number of benzene rings is 1. The fraction of sp³-hybridized carbons (Fsp3) is 0.421. The topological polar surface area (TPSA) is 31.4 Å². The zero-order valence-corrected chi connectivity index (χ0v) is 15.4. The summed E-state index contributed by atoms with van der Waals surface area (Å²) >= 11 is 12.3. The van der Waals surface area contributed by atoms with Crippen LogP contribution in [0.5, 0.6) is 11.5 Å². The zero-order chi connectivity index (χ0) is 17.1. The third kappa shape index (κ3) is 3.79. The van der Waals surface area contributed by atoms with E-state index in [1.165, 1.54) is 12.8 Å². The van der Waals surface area contributed by atoms with E-state index in [-0.39, 0.29) is 12.0 Å². The smallest absolute Gasteiger partial charge is 0.161 e. The van der Waals surface area contributed by atoms with E-state index in [1.807, 2.05) is 18.2 Å². The Labute approximate surface area is 152 Å². The van der Waals surface area contributed by atoms with Crippen molar-refractivity contribution in [2.24, 2.45) is 0 Å². The number of aromatic nitrogens is 1. The van der Waals surface area contributed by atoms with Crippen LogP contribution in [0.1, 0.15) is 49.8 Å². The van der Waals surface area contributed by atoms with Crippen molar-refractivity contribution in [3.8, 4) is 11.5 Å². The minimum atomic E-state index is 0.0339. The van der Waals surface area contributed by atoms with Crippen molar-refractivity contribution >= 4 is 23.2 Å². The number of ether oxygens (including phenoxy) is 2. The van der Waals surface area contributed by atoms with Crippen LogP contribution in [0, 0.1) is 0 Å². The van der Waals surface area contributed by atoms with Gasteiger partial charge in [0.25, 0.3) is 0 Å². The second kappa shape index (κ2) is 7.62. The molecule has 2 aromatic rings. The van der Waals surface area contributed by atoms with Crippen molar-refractivity contribution in [3.05, 3.63) is 51.8 Å². The lowest BCUT2D eigenvalue weighted by molar-refractivity contribution is 0.200. The Balaban J connectivity index is 1.89. The standard InChI is InChI=1S/C19H21Cl2NO2/c1-12(19-16(21)10-14(20)11-22-19)13-7-8-17(23-2)18(9-13)24-15-5-3-4-6-15/h7-12,15H,3-6H2,1-2H3. The molecular weight excluding hydrogens is 345 g/mol. The molecule has 0 spiro atoms.